The zero-order chi connectivity index (χ0) is 20.2. The maximum Gasteiger partial charge on any atom is 0.355 e. The highest BCUT2D eigenvalue weighted by Gasteiger charge is 2.21. The van der Waals surface area contributed by atoms with Crippen molar-refractivity contribution < 1.29 is 32.2 Å². The van der Waals surface area contributed by atoms with E-state index in [1.54, 1.807) is 6.07 Å². The minimum Gasteiger partial charge on any atom is -0.493 e. The molecule has 0 bridgehead atoms. The van der Waals surface area contributed by atoms with Crippen LogP contribution in [0.3, 0.4) is 0 Å². The number of rotatable bonds is 8. The molecule has 1 heterocycles. The summed E-state index contributed by atoms with van der Waals surface area (Å²) in [5.41, 5.74) is 0.287. The van der Waals surface area contributed by atoms with Gasteiger partial charge in [-0.1, -0.05) is 0 Å². The van der Waals surface area contributed by atoms with E-state index in [1.807, 2.05) is 0 Å². The minimum absolute atomic E-state index is 0.00364. The van der Waals surface area contributed by atoms with Gasteiger partial charge in [-0.25, -0.2) is 17.9 Å². The molecule has 2 aromatic rings. The predicted molar refractivity (Wildman–Crippen MR) is 95.8 cm³/mol. The molecule has 0 saturated heterocycles. The summed E-state index contributed by atoms with van der Waals surface area (Å²) in [6.45, 7) is -0.506. The second-order valence-electron chi connectivity index (χ2n) is 5.45. The smallest absolute Gasteiger partial charge is 0.355 e. The molecule has 0 atom stereocenters. The van der Waals surface area contributed by atoms with Crippen molar-refractivity contribution in [1.29, 1.82) is 0 Å². The van der Waals surface area contributed by atoms with Gasteiger partial charge in [0.1, 0.15) is 10.6 Å². The first kappa shape index (κ1) is 20.5. The van der Waals surface area contributed by atoms with Crippen LogP contribution in [0.25, 0.3) is 0 Å². The Labute approximate surface area is 156 Å². The first-order valence-electron chi connectivity index (χ1n) is 7.75. The number of aromatic nitrogens is 1. The zero-order valence-electron chi connectivity index (χ0n) is 15.3. The molecule has 0 aliphatic rings. The van der Waals surface area contributed by atoms with Gasteiger partial charge in [0.05, 0.1) is 14.2 Å². The Morgan fingerprint density at radius 3 is 2.37 bits per heavy atom. The maximum atomic E-state index is 12.3. The van der Waals surface area contributed by atoms with Gasteiger partial charge < -0.3 is 18.8 Å². The number of methoxy groups -OCH3 is 2. The molecule has 0 unspecified atom stereocenters. The number of ether oxygens (including phenoxy) is 3. The fourth-order valence-electron chi connectivity index (χ4n) is 2.30. The highest BCUT2D eigenvalue weighted by Crippen LogP contribution is 2.27. The molecule has 9 nitrogen and oxygen atoms in total. The van der Waals surface area contributed by atoms with E-state index in [4.69, 9.17) is 14.2 Å². The number of benzene rings is 1. The number of hydrogen-bond donors (Lipinski definition) is 1. The van der Waals surface area contributed by atoms with Crippen LogP contribution in [0.2, 0.25) is 0 Å². The van der Waals surface area contributed by atoms with Gasteiger partial charge in [0.2, 0.25) is 10.0 Å². The summed E-state index contributed by atoms with van der Waals surface area (Å²) >= 11 is 0. The summed E-state index contributed by atoms with van der Waals surface area (Å²) in [5.74, 6) is -0.419. The Hall–Kier alpha value is -2.85. The van der Waals surface area contributed by atoms with E-state index in [2.05, 4.69) is 4.72 Å². The van der Waals surface area contributed by atoms with E-state index in [0.717, 1.165) is 0 Å². The number of sulfonamides is 1. The van der Waals surface area contributed by atoms with Crippen molar-refractivity contribution in [3.05, 3.63) is 41.7 Å². The third-order valence-electron chi connectivity index (χ3n) is 3.81. The van der Waals surface area contributed by atoms with Crippen LogP contribution in [0, 0.1) is 0 Å². The van der Waals surface area contributed by atoms with E-state index in [9.17, 15) is 18.0 Å². The number of nitrogens with zero attached hydrogens (tertiary/aromatic N) is 1. The van der Waals surface area contributed by atoms with E-state index in [-0.39, 0.29) is 16.2 Å². The maximum absolute atomic E-state index is 12.3. The summed E-state index contributed by atoms with van der Waals surface area (Å²) in [6.07, 6.45) is 1.28. The molecular formula is C17H20N2O7S. The predicted octanol–water partition coefficient (Wildman–Crippen LogP) is 0.990. The first-order chi connectivity index (χ1) is 12.7. The second kappa shape index (κ2) is 8.23. The number of aryl methyl sites for hydroxylation is 1. The van der Waals surface area contributed by atoms with Gasteiger partial charge in [-0.3, -0.25) is 4.79 Å². The third kappa shape index (κ3) is 4.47. The number of Topliss-reactive ketones (excluding diaryl/α,β-unsaturated/α-hetero) is 1. The third-order valence-corrected chi connectivity index (χ3v) is 5.19. The van der Waals surface area contributed by atoms with Crippen molar-refractivity contribution in [3.8, 4) is 11.5 Å². The number of hydrogen-bond acceptors (Lipinski definition) is 7. The van der Waals surface area contributed by atoms with Crippen LogP contribution in [0.15, 0.2) is 35.4 Å². The van der Waals surface area contributed by atoms with Crippen molar-refractivity contribution in [1.82, 2.24) is 9.29 Å². The summed E-state index contributed by atoms with van der Waals surface area (Å²) in [5, 5.41) is 0. The molecule has 0 aliphatic carbocycles. The number of carbonyl (C=O) groups excluding carboxylic acids is 2. The molecule has 2 rings (SSSR count). The van der Waals surface area contributed by atoms with Crippen LogP contribution < -0.4 is 14.2 Å². The van der Waals surface area contributed by atoms with Gasteiger partial charge in [-0.15, -0.1) is 0 Å². The van der Waals surface area contributed by atoms with Gasteiger partial charge in [-0.05, 0) is 31.3 Å². The molecule has 1 aromatic heterocycles. The molecule has 0 aliphatic heterocycles. The average molecular weight is 396 g/mol. The Balaban J connectivity index is 2.11. The zero-order valence-corrected chi connectivity index (χ0v) is 16.1. The molecule has 0 fully saturated rings. The highest BCUT2D eigenvalue weighted by molar-refractivity contribution is 7.89. The van der Waals surface area contributed by atoms with Gasteiger partial charge in [-0.2, -0.15) is 0 Å². The lowest BCUT2D eigenvalue weighted by atomic mass is 10.1. The summed E-state index contributed by atoms with van der Waals surface area (Å²) < 4.78 is 42.3. The summed E-state index contributed by atoms with van der Waals surface area (Å²) in [6, 6.07) is 5.75. The molecule has 146 valence electrons. The normalized spacial score (nSPS) is 11.1. The Bertz CT molecular complexity index is 964. The summed E-state index contributed by atoms with van der Waals surface area (Å²) in [4.78, 5) is 24.4. The second-order valence-corrected chi connectivity index (χ2v) is 7.34. The number of ketones is 1. The minimum atomic E-state index is -3.69. The molecule has 1 N–H and O–H groups in total. The molecule has 0 radical (unpaired) electrons. The van der Waals surface area contributed by atoms with E-state index < -0.39 is 28.4 Å². The lowest BCUT2D eigenvalue weighted by molar-refractivity contribution is 0.0465. The van der Waals surface area contributed by atoms with Gasteiger partial charge in [0.25, 0.3) is 0 Å². The molecule has 0 saturated carbocycles. The Morgan fingerprint density at radius 2 is 1.78 bits per heavy atom. The summed E-state index contributed by atoms with van der Waals surface area (Å²) in [7, 11) is 1.99. The molecule has 27 heavy (non-hydrogen) atoms. The van der Waals surface area contributed by atoms with Crippen LogP contribution in [0.4, 0.5) is 0 Å². The topological polar surface area (TPSA) is 113 Å². The van der Waals surface area contributed by atoms with Crippen molar-refractivity contribution in [3.63, 3.8) is 0 Å². The average Bonchev–Trinajstić information content (AvgIpc) is 3.07. The van der Waals surface area contributed by atoms with Crippen LogP contribution in [0.1, 0.15) is 20.8 Å². The van der Waals surface area contributed by atoms with Crippen LogP contribution in [0.5, 0.6) is 11.5 Å². The Kier molecular flexibility index (Phi) is 6.24. The lowest BCUT2D eigenvalue weighted by Crippen LogP contribution is -2.18. The molecule has 0 spiro atoms. The van der Waals surface area contributed by atoms with E-state index >= 15 is 0 Å². The molecule has 1 aromatic carbocycles. The van der Waals surface area contributed by atoms with Crippen LogP contribution in [-0.4, -0.2) is 52.6 Å². The van der Waals surface area contributed by atoms with Crippen LogP contribution in [-0.2, 0) is 21.8 Å². The number of carbonyl (C=O) groups is 2. The van der Waals surface area contributed by atoms with Crippen molar-refractivity contribution in [2.45, 2.75) is 4.90 Å². The molecule has 0 amide bonds. The SMILES string of the molecule is CNS(=O)(=O)c1cc(C(=O)OCC(=O)c2ccc(OC)c(OC)c2)n(C)c1. The van der Waals surface area contributed by atoms with Crippen molar-refractivity contribution >= 4 is 21.8 Å². The van der Waals surface area contributed by atoms with Crippen molar-refractivity contribution in [2.24, 2.45) is 7.05 Å². The van der Waals surface area contributed by atoms with Gasteiger partial charge >= 0.3 is 5.97 Å². The fraction of sp³-hybridized carbons (Fsp3) is 0.294. The molecular weight excluding hydrogens is 376 g/mol. The van der Waals surface area contributed by atoms with Gasteiger partial charge in [0.15, 0.2) is 23.9 Å². The standard InChI is InChI=1S/C17H20N2O7S/c1-18-27(22,23)12-8-13(19(2)9-12)17(21)26-10-14(20)11-5-6-15(24-3)16(7-11)25-4/h5-9,18H,10H2,1-4H3. The monoisotopic (exact) mass is 396 g/mol. The van der Waals surface area contributed by atoms with Gasteiger partial charge in [0, 0.05) is 18.8 Å². The Morgan fingerprint density at radius 1 is 1.11 bits per heavy atom. The molecule has 10 heteroatoms. The quantitative estimate of drug-likeness (QED) is 0.523. The number of esters is 1. The first-order valence-corrected chi connectivity index (χ1v) is 9.24. The van der Waals surface area contributed by atoms with Crippen LogP contribution >= 0.6 is 0 Å². The van der Waals surface area contributed by atoms with Crippen molar-refractivity contribution in [2.75, 3.05) is 27.9 Å². The van der Waals surface area contributed by atoms with E-state index in [0.29, 0.717) is 11.5 Å². The van der Waals surface area contributed by atoms with E-state index in [1.165, 1.54) is 57.3 Å². The highest BCUT2D eigenvalue weighted by atomic mass is 32.2. The lowest BCUT2D eigenvalue weighted by Gasteiger charge is -2.09. The fourth-order valence-corrected chi connectivity index (χ4v) is 3.10. The number of nitrogens with one attached hydrogen (secondary N) is 1. The largest absolute Gasteiger partial charge is 0.493 e.